The third-order valence-corrected chi connectivity index (χ3v) is 5.17. The summed E-state index contributed by atoms with van der Waals surface area (Å²) in [6.45, 7) is 1.73. The zero-order chi connectivity index (χ0) is 19.8. The van der Waals surface area contributed by atoms with Crippen LogP contribution in [0.4, 0.5) is 5.82 Å². The average Bonchev–Trinajstić information content (AvgIpc) is 2.67. The molecular formula is C20H14Cl2N4O2. The number of anilines is 1. The van der Waals surface area contributed by atoms with Gasteiger partial charge in [-0.3, -0.25) is 14.6 Å². The van der Waals surface area contributed by atoms with Gasteiger partial charge >= 0.3 is 0 Å². The minimum absolute atomic E-state index is 0.113. The van der Waals surface area contributed by atoms with E-state index in [2.05, 4.69) is 20.3 Å². The molecule has 0 unspecified atom stereocenters. The first-order valence-corrected chi connectivity index (χ1v) is 9.19. The van der Waals surface area contributed by atoms with Gasteiger partial charge in [0.15, 0.2) is 5.78 Å². The van der Waals surface area contributed by atoms with Gasteiger partial charge in [-0.05, 0) is 31.2 Å². The average molecular weight is 413 g/mol. The van der Waals surface area contributed by atoms with Crippen molar-refractivity contribution in [1.29, 1.82) is 0 Å². The molecule has 0 saturated heterocycles. The Bertz CT molecular complexity index is 1280. The summed E-state index contributed by atoms with van der Waals surface area (Å²) in [6.07, 6.45) is 4.82. The van der Waals surface area contributed by atoms with E-state index in [1.165, 1.54) is 6.92 Å². The molecule has 3 heterocycles. The maximum Gasteiger partial charge on any atom is 0.256 e. The van der Waals surface area contributed by atoms with Gasteiger partial charge < -0.3 is 10.3 Å². The van der Waals surface area contributed by atoms with Crippen molar-refractivity contribution in [1.82, 2.24) is 15.0 Å². The molecule has 0 aliphatic carbocycles. The van der Waals surface area contributed by atoms with Crippen LogP contribution in [0.3, 0.4) is 0 Å². The van der Waals surface area contributed by atoms with Crippen LogP contribution in [0.2, 0.25) is 10.0 Å². The monoisotopic (exact) mass is 412 g/mol. The van der Waals surface area contributed by atoms with E-state index in [1.807, 2.05) is 0 Å². The molecule has 8 heteroatoms. The molecule has 0 aliphatic rings. The first-order chi connectivity index (χ1) is 13.5. The summed E-state index contributed by atoms with van der Waals surface area (Å²) >= 11 is 12.6. The van der Waals surface area contributed by atoms with E-state index in [4.69, 9.17) is 23.2 Å². The summed E-state index contributed by atoms with van der Waals surface area (Å²) in [5, 5.41) is 5.83. The summed E-state index contributed by atoms with van der Waals surface area (Å²) < 4.78 is 0. The molecule has 0 amide bonds. The lowest BCUT2D eigenvalue weighted by molar-refractivity contribution is 0.101. The van der Waals surface area contributed by atoms with Crippen LogP contribution in [-0.4, -0.2) is 20.7 Å². The highest BCUT2D eigenvalue weighted by molar-refractivity contribution is 6.36. The minimum atomic E-state index is -0.220. The highest BCUT2D eigenvalue weighted by Gasteiger charge is 2.14. The Morgan fingerprint density at radius 3 is 2.64 bits per heavy atom. The van der Waals surface area contributed by atoms with Crippen molar-refractivity contribution in [2.24, 2.45) is 0 Å². The second-order valence-electron chi connectivity index (χ2n) is 6.28. The summed E-state index contributed by atoms with van der Waals surface area (Å²) in [5.74, 6) is 0.418. The number of hydrogen-bond donors (Lipinski definition) is 2. The number of carbonyl (C=O) groups is 1. The van der Waals surface area contributed by atoms with Gasteiger partial charge in [-0.1, -0.05) is 23.2 Å². The van der Waals surface area contributed by atoms with Crippen molar-refractivity contribution in [2.75, 3.05) is 5.32 Å². The molecule has 0 fully saturated rings. The molecule has 0 atom stereocenters. The predicted octanol–water partition coefficient (Wildman–Crippen LogP) is 4.59. The van der Waals surface area contributed by atoms with Crippen LogP contribution in [0.5, 0.6) is 0 Å². The van der Waals surface area contributed by atoms with Crippen molar-refractivity contribution in [3.05, 3.63) is 74.4 Å². The molecule has 0 radical (unpaired) electrons. The Balaban J connectivity index is 1.80. The number of Topliss-reactive ketones (excluding diaryl/α,β-unsaturated/α-hetero) is 1. The topological polar surface area (TPSA) is 87.7 Å². The smallest absolute Gasteiger partial charge is 0.256 e. The molecule has 4 rings (SSSR count). The Labute approximate surface area is 169 Å². The van der Waals surface area contributed by atoms with Crippen LogP contribution in [0.25, 0.3) is 21.7 Å². The lowest BCUT2D eigenvalue weighted by Crippen LogP contribution is -2.10. The van der Waals surface area contributed by atoms with Gasteiger partial charge in [-0.15, -0.1) is 0 Å². The summed E-state index contributed by atoms with van der Waals surface area (Å²) in [4.78, 5) is 35.4. The van der Waals surface area contributed by atoms with Crippen LogP contribution in [-0.2, 0) is 6.54 Å². The fourth-order valence-corrected chi connectivity index (χ4v) is 3.70. The first kappa shape index (κ1) is 18.4. The van der Waals surface area contributed by atoms with Crippen LogP contribution < -0.4 is 10.9 Å². The van der Waals surface area contributed by atoms with Crippen molar-refractivity contribution >= 4 is 56.5 Å². The number of benzene rings is 1. The zero-order valence-electron chi connectivity index (χ0n) is 14.7. The maximum absolute atomic E-state index is 12.4. The molecule has 0 spiro atoms. The molecule has 0 bridgehead atoms. The van der Waals surface area contributed by atoms with Crippen molar-refractivity contribution in [3.8, 4) is 0 Å². The molecule has 28 heavy (non-hydrogen) atoms. The number of nitrogens with zero attached hydrogens (tertiary/aromatic N) is 2. The second kappa shape index (κ2) is 7.22. The van der Waals surface area contributed by atoms with Crippen molar-refractivity contribution in [3.63, 3.8) is 0 Å². The van der Waals surface area contributed by atoms with Gasteiger partial charge in [0.25, 0.3) is 5.56 Å². The summed E-state index contributed by atoms with van der Waals surface area (Å²) in [5.41, 5.74) is 1.52. The SMILES string of the molecule is CC(=O)c1cc(Cl)c(CNc2nc3ccncc3c3c(=O)[nH]ccc23)c(Cl)c1. The number of hydrogen-bond acceptors (Lipinski definition) is 5. The van der Waals surface area contributed by atoms with Gasteiger partial charge in [-0.25, -0.2) is 4.98 Å². The number of fused-ring (bicyclic) bond motifs is 3. The van der Waals surface area contributed by atoms with Crippen LogP contribution in [0.15, 0.2) is 47.7 Å². The van der Waals surface area contributed by atoms with E-state index >= 15 is 0 Å². The number of carbonyl (C=O) groups excluding carboxylic acids is 1. The van der Waals surface area contributed by atoms with E-state index < -0.39 is 0 Å². The minimum Gasteiger partial charge on any atom is -0.365 e. The quantitative estimate of drug-likeness (QED) is 0.377. The summed E-state index contributed by atoms with van der Waals surface area (Å²) in [7, 11) is 0. The molecule has 1 aromatic carbocycles. The van der Waals surface area contributed by atoms with E-state index in [0.717, 1.165) is 0 Å². The standard InChI is InChI=1S/C20H14Cl2N4O2/c1-10(27)11-6-15(21)13(16(22)7-11)9-25-19-12-2-5-24-20(28)18(12)14-8-23-4-3-17(14)26-19/h2-8H,9H2,1H3,(H,24,28)(H,25,26). The first-order valence-electron chi connectivity index (χ1n) is 8.43. The normalized spacial score (nSPS) is 11.1. The molecule has 6 nitrogen and oxygen atoms in total. The number of rotatable bonds is 4. The third kappa shape index (κ3) is 3.21. The van der Waals surface area contributed by atoms with Crippen molar-refractivity contribution in [2.45, 2.75) is 13.5 Å². The third-order valence-electron chi connectivity index (χ3n) is 4.50. The Hall–Kier alpha value is -2.96. The van der Waals surface area contributed by atoms with Crippen molar-refractivity contribution < 1.29 is 4.79 Å². The zero-order valence-corrected chi connectivity index (χ0v) is 16.2. The molecular weight excluding hydrogens is 399 g/mol. The van der Waals surface area contributed by atoms with Gasteiger partial charge in [0.1, 0.15) is 5.82 Å². The molecule has 0 saturated carbocycles. The van der Waals surface area contributed by atoms with Gasteiger partial charge in [0.05, 0.1) is 10.9 Å². The molecule has 4 aromatic rings. The number of aromatic amines is 1. The van der Waals surface area contributed by atoms with E-state index in [9.17, 15) is 9.59 Å². The van der Waals surface area contributed by atoms with Crippen LogP contribution in [0.1, 0.15) is 22.8 Å². The predicted molar refractivity (Wildman–Crippen MR) is 111 cm³/mol. The molecule has 140 valence electrons. The largest absolute Gasteiger partial charge is 0.365 e. The number of ketones is 1. The second-order valence-corrected chi connectivity index (χ2v) is 7.09. The van der Waals surface area contributed by atoms with Crippen LogP contribution >= 0.6 is 23.2 Å². The number of nitrogens with one attached hydrogen (secondary N) is 2. The van der Waals surface area contributed by atoms with Gasteiger partial charge in [0, 0.05) is 57.1 Å². The van der Waals surface area contributed by atoms with E-state index in [-0.39, 0.29) is 17.9 Å². The number of H-pyrrole nitrogens is 1. The van der Waals surface area contributed by atoms with Crippen LogP contribution in [0, 0.1) is 0 Å². The lowest BCUT2D eigenvalue weighted by Gasteiger charge is -2.13. The van der Waals surface area contributed by atoms with E-state index in [0.29, 0.717) is 48.7 Å². The number of pyridine rings is 3. The highest BCUT2D eigenvalue weighted by Crippen LogP contribution is 2.30. The maximum atomic E-state index is 12.4. The molecule has 3 aromatic heterocycles. The van der Waals surface area contributed by atoms with E-state index in [1.54, 1.807) is 42.9 Å². The Morgan fingerprint density at radius 2 is 1.93 bits per heavy atom. The number of aromatic nitrogens is 3. The van der Waals surface area contributed by atoms with Gasteiger partial charge in [0.2, 0.25) is 0 Å². The highest BCUT2D eigenvalue weighted by atomic mass is 35.5. The number of halogens is 2. The van der Waals surface area contributed by atoms with Gasteiger partial charge in [-0.2, -0.15) is 0 Å². The lowest BCUT2D eigenvalue weighted by atomic mass is 10.1. The Morgan fingerprint density at radius 1 is 1.18 bits per heavy atom. The fraction of sp³-hybridized carbons (Fsp3) is 0.100. The summed E-state index contributed by atoms with van der Waals surface area (Å²) in [6, 6.07) is 6.71. The molecule has 2 N–H and O–H groups in total. The fourth-order valence-electron chi connectivity index (χ4n) is 3.08. The molecule has 0 aliphatic heterocycles. The Kier molecular flexibility index (Phi) is 4.75.